The summed E-state index contributed by atoms with van der Waals surface area (Å²) in [6.07, 6.45) is -3.02. The van der Waals surface area contributed by atoms with Gasteiger partial charge in [-0.15, -0.1) is 0 Å². The smallest absolute Gasteiger partial charge is 0.390 e. The van der Waals surface area contributed by atoms with Gasteiger partial charge in [-0.1, -0.05) is 53.7 Å². The second-order valence-electron chi connectivity index (χ2n) is 6.29. The maximum Gasteiger partial charge on any atom is 0.416 e. The van der Waals surface area contributed by atoms with E-state index >= 15 is 0 Å². The molecule has 0 spiro atoms. The molecule has 1 heterocycles. The SMILES string of the molecule is O=C(CSc1ncc(CO)n1Cc1ccccc1)Nc1cc(C(F)(F)F)ccc1Cl. The first-order chi connectivity index (χ1) is 14.3. The average molecular weight is 456 g/mol. The Morgan fingerprint density at radius 3 is 2.60 bits per heavy atom. The Bertz CT molecular complexity index is 1030. The van der Waals surface area contributed by atoms with Crippen LogP contribution in [0.1, 0.15) is 16.8 Å². The third kappa shape index (κ3) is 5.56. The maximum atomic E-state index is 12.9. The van der Waals surface area contributed by atoms with Gasteiger partial charge in [-0.05, 0) is 23.8 Å². The molecule has 0 radical (unpaired) electrons. The van der Waals surface area contributed by atoms with E-state index in [1.54, 1.807) is 4.57 Å². The molecule has 1 amide bonds. The fraction of sp³-hybridized carbons (Fsp3) is 0.200. The number of nitrogens with one attached hydrogen (secondary N) is 1. The van der Waals surface area contributed by atoms with E-state index in [9.17, 15) is 23.1 Å². The molecule has 0 bridgehead atoms. The number of nitrogens with zero attached hydrogens (tertiary/aromatic N) is 2. The predicted molar refractivity (Wildman–Crippen MR) is 110 cm³/mol. The molecule has 3 aromatic rings. The number of imidazole rings is 1. The van der Waals surface area contributed by atoms with Crippen molar-refractivity contribution in [3.8, 4) is 0 Å². The summed E-state index contributed by atoms with van der Waals surface area (Å²) in [6.45, 7) is 0.243. The van der Waals surface area contributed by atoms with Crippen LogP contribution in [0, 0.1) is 0 Å². The topological polar surface area (TPSA) is 67.1 Å². The van der Waals surface area contributed by atoms with E-state index in [0.29, 0.717) is 17.4 Å². The number of rotatable bonds is 7. The van der Waals surface area contributed by atoms with Crippen molar-refractivity contribution in [3.05, 3.63) is 76.6 Å². The van der Waals surface area contributed by atoms with E-state index in [2.05, 4.69) is 10.3 Å². The molecule has 10 heteroatoms. The van der Waals surface area contributed by atoms with Gasteiger partial charge in [0.2, 0.25) is 5.91 Å². The number of thioether (sulfide) groups is 1. The molecular formula is C20H17ClF3N3O2S. The Morgan fingerprint density at radius 2 is 1.93 bits per heavy atom. The van der Waals surface area contributed by atoms with Gasteiger partial charge in [0, 0.05) is 6.54 Å². The van der Waals surface area contributed by atoms with E-state index in [-0.39, 0.29) is 23.1 Å². The van der Waals surface area contributed by atoms with E-state index < -0.39 is 17.6 Å². The highest BCUT2D eigenvalue weighted by molar-refractivity contribution is 7.99. The lowest BCUT2D eigenvalue weighted by molar-refractivity contribution is -0.137. The Kier molecular flexibility index (Phi) is 7.06. The van der Waals surface area contributed by atoms with Crippen LogP contribution < -0.4 is 5.32 Å². The summed E-state index contributed by atoms with van der Waals surface area (Å²) in [7, 11) is 0. The molecule has 0 fully saturated rings. The van der Waals surface area contributed by atoms with Gasteiger partial charge in [0.1, 0.15) is 0 Å². The van der Waals surface area contributed by atoms with Gasteiger partial charge in [0.05, 0.1) is 40.5 Å². The van der Waals surface area contributed by atoms with Crippen molar-refractivity contribution in [1.82, 2.24) is 9.55 Å². The van der Waals surface area contributed by atoms with Gasteiger partial charge in [-0.25, -0.2) is 4.98 Å². The molecule has 0 aliphatic rings. The zero-order chi connectivity index (χ0) is 21.7. The second-order valence-corrected chi connectivity index (χ2v) is 7.64. The van der Waals surface area contributed by atoms with Crippen LogP contribution in [-0.4, -0.2) is 26.3 Å². The van der Waals surface area contributed by atoms with Gasteiger partial charge in [-0.3, -0.25) is 4.79 Å². The molecule has 0 unspecified atom stereocenters. The largest absolute Gasteiger partial charge is 0.416 e. The van der Waals surface area contributed by atoms with Crippen molar-refractivity contribution in [3.63, 3.8) is 0 Å². The van der Waals surface area contributed by atoms with E-state index in [0.717, 1.165) is 35.5 Å². The molecule has 2 aromatic carbocycles. The first-order valence-corrected chi connectivity index (χ1v) is 10.1. The van der Waals surface area contributed by atoms with Crippen molar-refractivity contribution in [1.29, 1.82) is 0 Å². The molecule has 3 rings (SSSR count). The van der Waals surface area contributed by atoms with Crippen LogP contribution in [0.25, 0.3) is 0 Å². The fourth-order valence-electron chi connectivity index (χ4n) is 2.68. The molecule has 1 aromatic heterocycles. The zero-order valence-electron chi connectivity index (χ0n) is 15.5. The molecule has 158 valence electrons. The summed E-state index contributed by atoms with van der Waals surface area (Å²) in [5, 5.41) is 12.5. The number of hydrogen-bond donors (Lipinski definition) is 2. The third-order valence-corrected chi connectivity index (χ3v) is 5.47. The molecule has 0 atom stereocenters. The number of carbonyl (C=O) groups is 1. The summed E-state index contributed by atoms with van der Waals surface area (Å²) in [4.78, 5) is 16.5. The number of alkyl halides is 3. The maximum absolute atomic E-state index is 12.9. The molecule has 0 aliphatic heterocycles. The number of carbonyl (C=O) groups excluding carboxylic acids is 1. The summed E-state index contributed by atoms with van der Waals surface area (Å²) >= 11 is 7.02. The van der Waals surface area contributed by atoms with Crippen LogP contribution in [0.5, 0.6) is 0 Å². The number of halogens is 4. The average Bonchev–Trinajstić information content (AvgIpc) is 3.09. The van der Waals surface area contributed by atoms with Gasteiger partial charge in [0.15, 0.2) is 5.16 Å². The molecular weight excluding hydrogens is 439 g/mol. The zero-order valence-corrected chi connectivity index (χ0v) is 17.1. The van der Waals surface area contributed by atoms with Crippen LogP contribution in [0.2, 0.25) is 5.02 Å². The minimum Gasteiger partial charge on any atom is -0.390 e. The summed E-state index contributed by atoms with van der Waals surface area (Å²) in [5.41, 5.74) is 0.566. The first-order valence-electron chi connectivity index (χ1n) is 8.76. The van der Waals surface area contributed by atoms with Crippen LogP contribution in [-0.2, 0) is 24.1 Å². The standard InChI is InChI=1S/C20H17ClF3N3O2S/c21-16-7-6-14(20(22,23)24)8-17(16)26-18(29)12-30-19-25-9-15(11-28)27(19)10-13-4-2-1-3-5-13/h1-9,28H,10-12H2,(H,26,29). The number of hydrogen-bond acceptors (Lipinski definition) is 4. The van der Waals surface area contributed by atoms with Crippen molar-refractivity contribution in [2.75, 3.05) is 11.1 Å². The van der Waals surface area contributed by atoms with Crippen molar-refractivity contribution in [2.45, 2.75) is 24.5 Å². The molecule has 30 heavy (non-hydrogen) atoms. The normalized spacial score (nSPS) is 11.5. The fourth-order valence-corrected chi connectivity index (χ4v) is 3.64. The number of aromatic nitrogens is 2. The van der Waals surface area contributed by atoms with Crippen molar-refractivity contribution in [2.24, 2.45) is 0 Å². The number of benzene rings is 2. The highest BCUT2D eigenvalue weighted by atomic mass is 35.5. The van der Waals surface area contributed by atoms with Crippen molar-refractivity contribution < 1.29 is 23.1 Å². The number of anilines is 1. The Labute approximate surface area is 179 Å². The van der Waals surface area contributed by atoms with Crippen LogP contribution >= 0.6 is 23.4 Å². The summed E-state index contributed by atoms with van der Waals surface area (Å²) in [5.74, 6) is -0.621. The molecule has 0 saturated heterocycles. The van der Waals surface area contributed by atoms with E-state index in [4.69, 9.17) is 11.6 Å². The van der Waals surface area contributed by atoms with Gasteiger partial charge in [0.25, 0.3) is 0 Å². The minimum absolute atomic E-state index is 0.00879. The number of amides is 1. The Morgan fingerprint density at radius 1 is 1.20 bits per heavy atom. The van der Waals surface area contributed by atoms with Gasteiger partial charge >= 0.3 is 6.18 Å². The van der Waals surface area contributed by atoms with Crippen LogP contribution in [0.4, 0.5) is 18.9 Å². The number of aliphatic hydroxyl groups is 1. The predicted octanol–water partition coefficient (Wildman–Crippen LogP) is 4.83. The number of aliphatic hydroxyl groups excluding tert-OH is 1. The quantitative estimate of drug-likeness (QED) is 0.501. The minimum atomic E-state index is -4.54. The molecule has 5 nitrogen and oxygen atoms in total. The first kappa shape index (κ1) is 22.2. The third-order valence-electron chi connectivity index (χ3n) is 4.15. The lowest BCUT2D eigenvalue weighted by Crippen LogP contribution is -2.16. The van der Waals surface area contributed by atoms with Crippen molar-refractivity contribution >= 4 is 35.0 Å². The summed E-state index contributed by atoms with van der Waals surface area (Å²) < 4.78 is 40.4. The van der Waals surface area contributed by atoms with Gasteiger partial charge < -0.3 is 15.0 Å². The lowest BCUT2D eigenvalue weighted by atomic mass is 10.2. The Balaban J connectivity index is 1.69. The lowest BCUT2D eigenvalue weighted by Gasteiger charge is -2.12. The van der Waals surface area contributed by atoms with E-state index in [1.807, 2.05) is 30.3 Å². The van der Waals surface area contributed by atoms with E-state index in [1.165, 1.54) is 6.20 Å². The molecule has 0 saturated carbocycles. The molecule has 0 aliphatic carbocycles. The highest BCUT2D eigenvalue weighted by Gasteiger charge is 2.31. The monoisotopic (exact) mass is 455 g/mol. The highest BCUT2D eigenvalue weighted by Crippen LogP contribution is 2.34. The summed E-state index contributed by atoms with van der Waals surface area (Å²) in [6, 6.07) is 12.3. The Hall–Kier alpha value is -2.49. The molecule has 2 N–H and O–H groups in total. The second kappa shape index (κ2) is 9.55. The van der Waals surface area contributed by atoms with Crippen LogP contribution in [0.3, 0.4) is 0 Å². The van der Waals surface area contributed by atoms with Gasteiger partial charge in [-0.2, -0.15) is 13.2 Å². The van der Waals surface area contributed by atoms with Crippen LogP contribution in [0.15, 0.2) is 59.9 Å².